The summed E-state index contributed by atoms with van der Waals surface area (Å²) in [5.41, 5.74) is 1.21. The maximum Gasteiger partial charge on any atom is 0.0472 e. The van der Waals surface area contributed by atoms with E-state index in [4.69, 9.17) is 4.74 Å². The molecule has 0 aromatic carbocycles. The number of rotatable bonds is 2. The van der Waals surface area contributed by atoms with E-state index in [2.05, 4.69) is 17.1 Å². The van der Waals surface area contributed by atoms with Crippen molar-refractivity contribution in [1.82, 2.24) is 10.2 Å². The molecule has 1 N–H and O–H groups in total. The minimum absolute atomic E-state index is 0.567. The molecule has 0 aliphatic carbocycles. The van der Waals surface area contributed by atoms with E-state index in [1.54, 1.807) is 0 Å². The highest BCUT2D eigenvalue weighted by molar-refractivity contribution is 4.98. The second-order valence-corrected chi connectivity index (χ2v) is 6.82. The Bertz CT molecular complexity index is 259. The molecule has 3 saturated heterocycles. The zero-order chi connectivity index (χ0) is 11.8. The largest absolute Gasteiger partial charge is 0.381 e. The first-order chi connectivity index (χ1) is 8.20. The lowest BCUT2D eigenvalue weighted by Crippen LogP contribution is -2.60. The van der Waals surface area contributed by atoms with Crippen LogP contribution >= 0.6 is 0 Å². The summed E-state index contributed by atoms with van der Waals surface area (Å²) in [6.07, 6.45) is 5.28. The van der Waals surface area contributed by atoms with Gasteiger partial charge < -0.3 is 15.0 Å². The topological polar surface area (TPSA) is 24.5 Å². The fourth-order valence-electron chi connectivity index (χ4n) is 3.86. The Morgan fingerprint density at radius 3 is 2.35 bits per heavy atom. The summed E-state index contributed by atoms with van der Waals surface area (Å²) < 4.78 is 5.48. The molecule has 0 aromatic rings. The Labute approximate surface area is 105 Å². The zero-order valence-corrected chi connectivity index (χ0v) is 11.1. The fourth-order valence-corrected chi connectivity index (χ4v) is 3.86. The highest BCUT2D eigenvalue weighted by Crippen LogP contribution is 2.42. The van der Waals surface area contributed by atoms with Crippen molar-refractivity contribution >= 4 is 0 Å². The van der Waals surface area contributed by atoms with Crippen LogP contribution in [0.15, 0.2) is 0 Å². The number of hydrogen-bond donors (Lipinski definition) is 1. The van der Waals surface area contributed by atoms with Gasteiger partial charge in [-0.25, -0.2) is 0 Å². The van der Waals surface area contributed by atoms with Gasteiger partial charge in [0.15, 0.2) is 0 Å². The Morgan fingerprint density at radius 2 is 1.71 bits per heavy atom. The minimum Gasteiger partial charge on any atom is -0.381 e. The van der Waals surface area contributed by atoms with Crippen LogP contribution in [0.3, 0.4) is 0 Å². The van der Waals surface area contributed by atoms with Crippen LogP contribution in [0.5, 0.6) is 0 Å². The summed E-state index contributed by atoms with van der Waals surface area (Å²) in [7, 11) is 0. The van der Waals surface area contributed by atoms with E-state index in [0.29, 0.717) is 10.8 Å². The Kier molecular flexibility index (Phi) is 3.18. The molecule has 17 heavy (non-hydrogen) atoms. The van der Waals surface area contributed by atoms with E-state index in [9.17, 15) is 0 Å². The van der Waals surface area contributed by atoms with Gasteiger partial charge in [-0.15, -0.1) is 0 Å². The molecule has 0 bridgehead atoms. The highest BCUT2D eigenvalue weighted by Gasteiger charge is 2.45. The molecule has 0 aromatic heterocycles. The van der Waals surface area contributed by atoms with E-state index in [0.717, 1.165) is 13.2 Å². The van der Waals surface area contributed by atoms with Crippen molar-refractivity contribution in [2.45, 2.75) is 32.6 Å². The molecule has 3 fully saturated rings. The van der Waals surface area contributed by atoms with Gasteiger partial charge in [0.05, 0.1) is 0 Å². The average molecular weight is 238 g/mol. The summed E-state index contributed by atoms with van der Waals surface area (Å²) in [5.74, 6) is 0. The molecule has 3 aliphatic heterocycles. The van der Waals surface area contributed by atoms with Crippen LogP contribution in [0.1, 0.15) is 32.6 Å². The molecule has 98 valence electrons. The lowest BCUT2D eigenvalue weighted by molar-refractivity contribution is -0.0940. The maximum atomic E-state index is 5.48. The summed E-state index contributed by atoms with van der Waals surface area (Å²) >= 11 is 0. The molecule has 3 aliphatic rings. The van der Waals surface area contributed by atoms with E-state index < -0.39 is 0 Å². The summed E-state index contributed by atoms with van der Waals surface area (Å²) in [4.78, 5) is 2.69. The van der Waals surface area contributed by atoms with Gasteiger partial charge in [0.2, 0.25) is 0 Å². The first-order valence-corrected chi connectivity index (χ1v) is 7.21. The lowest BCUT2D eigenvalue weighted by Gasteiger charge is -2.55. The van der Waals surface area contributed by atoms with Crippen molar-refractivity contribution in [2.75, 3.05) is 45.9 Å². The molecule has 0 radical (unpaired) electrons. The molecule has 0 amide bonds. The Hall–Kier alpha value is -0.120. The molecular weight excluding hydrogens is 212 g/mol. The number of ether oxygens (including phenoxy) is 1. The molecule has 3 nitrogen and oxygen atoms in total. The van der Waals surface area contributed by atoms with Crippen molar-refractivity contribution in [2.24, 2.45) is 10.8 Å². The predicted molar refractivity (Wildman–Crippen MR) is 69.1 cm³/mol. The summed E-state index contributed by atoms with van der Waals surface area (Å²) in [6.45, 7) is 10.9. The van der Waals surface area contributed by atoms with E-state index >= 15 is 0 Å². The van der Waals surface area contributed by atoms with E-state index in [1.165, 1.54) is 58.4 Å². The van der Waals surface area contributed by atoms with Crippen LogP contribution in [0.2, 0.25) is 0 Å². The molecule has 0 saturated carbocycles. The van der Waals surface area contributed by atoms with E-state index in [-0.39, 0.29) is 0 Å². The molecule has 3 heterocycles. The second-order valence-electron chi connectivity index (χ2n) is 6.82. The molecular formula is C14H26N2O. The highest BCUT2D eigenvalue weighted by atomic mass is 16.5. The summed E-state index contributed by atoms with van der Waals surface area (Å²) in [6, 6.07) is 0. The smallest absolute Gasteiger partial charge is 0.0472 e. The monoisotopic (exact) mass is 238 g/mol. The van der Waals surface area contributed by atoms with Gasteiger partial charge in [-0.3, -0.25) is 0 Å². The van der Waals surface area contributed by atoms with Crippen molar-refractivity contribution in [3.63, 3.8) is 0 Å². The van der Waals surface area contributed by atoms with Gasteiger partial charge in [0.1, 0.15) is 0 Å². The zero-order valence-electron chi connectivity index (χ0n) is 11.1. The van der Waals surface area contributed by atoms with Gasteiger partial charge in [0, 0.05) is 38.3 Å². The number of hydrogen-bond acceptors (Lipinski definition) is 3. The van der Waals surface area contributed by atoms with Crippen LogP contribution in [-0.4, -0.2) is 50.8 Å². The molecule has 3 rings (SSSR count). The van der Waals surface area contributed by atoms with Gasteiger partial charge in [-0.2, -0.15) is 0 Å². The van der Waals surface area contributed by atoms with Crippen molar-refractivity contribution in [1.29, 1.82) is 0 Å². The number of likely N-dealkylation sites (tertiary alicyclic amines) is 1. The fraction of sp³-hybridized carbons (Fsp3) is 1.00. The SMILES string of the molecule is CC1(CN2CC3(CCOCC3)C2)CCNCC1. The maximum absolute atomic E-state index is 5.48. The third-order valence-electron chi connectivity index (χ3n) is 5.09. The molecule has 1 spiro atoms. The number of piperidine rings is 1. The van der Waals surface area contributed by atoms with Crippen molar-refractivity contribution < 1.29 is 4.74 Å². The second kappa shape index (κ2) is 4.52. The number of nitrogens with one attached hydrogen (secondary N) is 1. The number of nitrogens with zero attached hydrogens (tertiary/aromatic N) is 1. The predicted octanol–water partition coefficient (Wildman–Crippen LogP) is 1.49. The van der Waals surface area contributed by atoms with Crippen LogP contribution in [-0.2, 0) is 4.74 Å². The van der Waals surface area contributed by atoms with Crippen molar-refractivity contribution in [3.05, 3.63) is 0 Å². The normalized spacial score (nSPS) is 32.3. The first-order valence-electron chi connectivity index (χ1n) is 7.21. The standard InChI is InChI=1S/C14H26N2O/c1-13(2-6-15-7-3-13)10-16-11-14(12-16)4-8-17-9-5-14/h15H,2-12H2,1H3. The van der Waals surface area contributed by atoms with Crippen LogP contribution in [0.4, 0.5) is 0 Å². The minimum atomic E-state index is 0.567. The average Bonchev–Trinajstić information content (AvgIpc) is 2.29. The molecule has 3 heteroatoms. The quantitative estimate of drug-likeness (QED) is 0.789. The Balaban J connectivity index is 1.48. The Morgan fingerprint density at radius 1 is 1.06 bits per heavy atom. The van der Waals surface area contributed by atoms with Gasteiger partial charge in [0.25, 0.3) is 0 Å². The van der Waals surface area contributed by atoms with Gasteiger partial charge in [-0.05, 0) is 44.2 Å². The lowest BCUT2D eigenvalue weighted by atomic mass is 9.71. The summed E-state index contributed by atoms with van der Waals surface area (Å²) in [5, 5.41) is 3.47. The molecule has 0 unspecified atom stereocenters. The first kappa shape index (κ1) is 11.9. The van der Waals surface area contributed by atoms with Crippen LogP contribution in [0, 0.1) is 10.8 Å². The van der Waals surface area contributed by atoms with Gasteiger partial charge in [-0.1, -0.05) is 6.92 Å². The van der Waals surface area contributed by atoms with Crippen LogP contribution < -0.4 is 5.32 Å². The third kappa shape index (κ3) is 2.51. The van der Waals surface area contributed by atoms with Gasteiger partial charge >= 0.3 is 0 Å². The van der Waals surface area contributed by atoms with E-state index in [1.807, 2.05) is 0 Å². The van der Waals surface area contributed by atoms with Crippen LogP contribution in [0.25, 0.3) is 0 Å². The van der Waals surface area contributed by atoms with Crippen molar-refractivity contribution in [3.8, 4) is 0 Å². The molecule has 0 atom stereocenters. The third-order valence-corrected chi connectivity index (χ3v) is 5.09.